The third kappa shape index (κ3) is 4.15. The molecule has 0 spiro atoms. The predicted octanol–water partition coefficient (Wildman–Crippen LogP) is 4.91. The van der Waals surface area contributed by atoms with E-state index >= 15 is 0 Å². The maximum atomic E-state index is 13.6. The van der Waals surface area contributed by atoms with Crippen molar-refractivity contribution in [1.82, 2.24) is 14.9 Å². The van der Waals surface area contributed by atoms with Crippen LogP contribution >= 0.6 is 11.3 Å². The van der Waals surface area contributed by atoms with Gasteiger partial charge in [-0.1, -0.05) is 30.3 Å². The Morgan fingerprint density at radius 1 is 1.14 bits per heavy atom. The maximum absolute atomic E-state index is 13.6. The molecule has 29 heavy (non-hydrogen) atoms. The summed E-state index contributed by atoms with van der Waals surface area (Å²) in [5.74, 6) is -0.111. The predicted molar refractivity (Wildman–Crippen MR) is 114 cm³/mol. The van der Waals surface area contributed by atoms with Crippen LogP contribution in [0.2, 0.25) is 0 Å². The number of nitrogens with zero attached hydrogens (tertiary/aromatic N) is 4. The molecule has 0 unspecified atom stereocenters. The standard InChI is InChI=1S/C23H18N4OS/c24-10-5-12-27(16-17-6-3-11-25-15-17)23(28)19-14-21(22-9-4-13-29-22)26-20-8-2-1-7-18(19)20/h1-4,6-9,11,13-15H,5,12,16H2. The van der Waals surface area contributed by atoms with Crippen LogP contribution in [0.4, 0.5) is 0 Å². The Hall–Kier alpha value is -3.56. The van der Waals surface area contributed by atoms with Crippen molar-refractivity contribution >= 4 is 28.1 Å². The van der Waals surface area contributed by atoms with E-state index in [0.717, 1.165) is 27.0 Å². The Morgan fingerprint density at radius 2 is 2.03 bits per heavy atom. The van der Waals surface area contributed by atoms with Crippen molar-refractivity contribution in [3.63, 3.8) is 0 Å². The summed E-state index contributed by atoms with van der Waals surface area (Å²) < 4.78 is 0. The fourth-order valence-corrected chi connectivity index (χ4v) is 3.91. The van der Waals surface area contributed by atoms with Crippen LogP contribution in [0.25, 0.3) is 21.5 Å². The van der Waals surface area contributed by atoms with Crippen molar-refractivity contribution in [2.45, 2.75) is 13.0 Å². The van der Waals surface area contributed by atoms with E-state index in [2.05, 4.69) is 11.1 Å². The van der Waals surface area contributed by atoms with Gasteiger partial charge in [0.1, 0.15) is 0 Å². The quantitative estimate of drug-likeness (QED) is 0.462. The number of amides is 1. The Balaban J connectivity index is 1.78. The number of nitriles is 1. The van der Waals surface area contributed by atoms with Crippen molar-refractivity contribution in [2.75, 3.05) is 6.54 Å². The average Bonchev–Trinajstić information content (AvgIpc) is 3.31. The molecule has 0 saturated carbocycles. The van der Waals surface area contributed by atoms with Gasteiger partial charge in [-0.25, -0.2) is 4.98 Å². The number of para-hydroxylation sites is 1. The minimum Gasteiger partial charge on any atom is -0.333 e. The number of hydrogen-bond donors (Lipinski definition) is 0. The van der Waals surface area contributed by atoms with Gasteiger partial charge in [-0.15, -0.1) is 11.3 Å². The van der Waals surface area contributed by atoms with Crippen LogP contribution in [0.1, 0.15) is 22.3 Å². The van der Waals surface area contributed by atoms with E-state index in [-0.39, 0.29) is 12.3 Å². The average molecular weight is 398 g/mol. The van der Waals surface area contributed by atoms with E-state index < -0.39 is 0 Å². The summed E-state index contributed by atoms with van der Waals surface area (Å²) in [7, 11) is 0. The third-order valence-electron chi connectivity index (χ3n) is 4.60. The molecule has 0 atom stereocenters. The molecule has 0 aliphatic heterocycles. The SMILES string of the molecule is N#CCCN(Cc1cccnc1)C(=O)c1cc(-c2cccs2)nc2ccccc12. The van der Waals surface area contributed by atoms with Crippen molar-refractivity contribution in [1.29, 1.82) is 5.26 Å². The second-order valence-corrected chi connectivity index (χ2v) is 7.49. The number of fused-ring (bicyclic) bond motifs is 1. The number of rotatable bonds is 6. The third-order valence-corrected chi connectivity index (χ3v) is 5.49. The minimum atomic E-state index is -0.111. The van der Waals surface area contributed by atoms with Crippen molar-refractivity contribution in [3.05, 3.63) is 83.5 Å². The van der Waals surface area contributed by atoms with Crippen LogP contribution in [-0.4, -0.2) is 27.3 Å². The molecule has 0 N–H and O–H groups in total. The lowest BCUT2D eigenvalue weighted by molar-refractivity contribution is 0.0748. The number of benzene rings is 1. The van der Waals surface area contributed by atoms with E-state index in [9.17, 15) is 4.79 Å². The summed E-state index contributed by atoms with van der Waals surface area (Å²) in [5, 5.41) is 11.9. The van der Waals surface area contributed by atoms with E-state index in [1.54, 1.807) is 28.6 Å². The number of aromatic nitrogens is 2. The smallest absolute Gasteiger partial charge is 0.254 e. The normalized spacial score (nSPS) is 10.6. The summed E-state index contributed by atoms with van der Waals surface area (Å²) in [6.07, 6.45) is 3.72. The lowest BCUT2D eigenvalue weighted by Crippen LogP contribution is -2.31. The van der Waals surface area contributed by atoms with Gasteiger partial charge in [0, 0.05) is 30.9 Å². The first-order valence-corrected chi connectivity index (χ1v) is 10.1. The topological polar surface area (TPSA) is 69.9 Å². The highest BCUT2D eigenvalue weighted by Crippen LogP contribution is 2.28. The van der Waals surface area contributed by atoms with Gasteiger partial charge < -0.3 is 4.90 Å². The molecule has 3 heterocycles. The fourth-order valence-electron chi connectivity index (χ4n) is 3.22. The molecule has 142 valence electrons. The molecule has 0 saturated heterocycles. The van der Waals surface area contributed by atoms with Gasteiger partial charge in [-0.2, -0.15) is 5.26 Å². The van der Waals surface area contributed by atoms with Crippen molar-refractivity contribution < 1.29 is 4.79 Å². The summed E-state index contributed by atoms with van der Waals surface area (Å²) in [6.45, 7) is 0.758. The first-order chi connectivity index (χ1) is 14.3. The molecule has 0 bridgehead atoms. The molecule has 0 radical (unpaired) electrons. The van der Waals surface area contributed by atoms with E-state index in [1.807, 2.05) is 60.0 Å². The van der Waals surface area contributed by atoms with Gasteiger partial charge in [0.25, 0.3) is 5.91 Å². The summed E-state index contributed by atoms with van der Waals surface area (Å²) in [6, 6.07) is 19.4. The monoisotopic (exact) mass is 398 g/mol. The maximum Gasteiger partial charge on any atom is 0.254 e. The molecule has 3 aromatic heterocycles. The van der Waals surface area contributed by atoms with Crippen LogP contribution in [0, 0.1) is 11.3 Å². The number of carbonyl (C=O) groups is 1. The molecular formula is C23H18N4OS. The molecule has 5 nitrogen and oxygen atoms in total. The highest BCUT2D eigenvalue weighted by atomic mass is 32.1. The van der Waals surface area contributed by atoms with Crippen LogP contribution in [0.5, 0.6) is 0 Å². The molecule has 6 heteroatoms. The van der Waals surface area contributed by atoms with E-state index in [4.69, 9.17) is 10.2 Å². The van der Waals surface area contributed by atoms with Gasteiger partial charge in [-0.3, -0.25) is 9.78 Å². The Labute approximate surface area is 172 Å². The van der Waals surface area contributed by atoms with Gasteiger partial charge in [-0.05, 0) is 35.2 Å². The fraction of sp³-hybridized carbons (Fsp3) is 0.130. The highest BCUT2D eigenvalue weighted by molar-refractivity contribution is 7.13. The molecule has 0 aliphatic rings. The van der Waals surface area contributed by atoms with Gasteiger partial charge >= 0.3 is 0 Å². The molecule has 0 fully saturated rings. The van der Waals surface area contributed by atoms with Crippen LogP contribution in [-0.2, 0) is 6.54 Å². The largest absolute Gasteiger partial charge is 0.333 e. The zero-order chi connectivity index (χ0) is 20.1. The second kappa shape index (κ2) is 8.63. The van der Waals surface area contributed by atoms with Crippen LogP contribution in [0.3, 0.4) is 0 Å². The van der Waals surface area contributed by atoms with Gasteiger partial charge in [0.15, 0.2) is 0 Å². The first kappa shape index (κ1) is 18.8. The van der Waals surface area contributed by atoms with E-state index in [0.29, 0.717) is 18.7 Å². The second-order valence-electron chi connectivity index (χ2n) is 6.55. The lowest BCUT2D eigenvalue weighted by Gasteiger charge is -2.22. The Morgan fingerprint density at radius 3 is 2.79 bits per heavy atom. The highest BCUT2D eigenvalue weighted by Gasteiger charge is 2.20. The summed E-state index contributed by atoms with van der Waals surface area (Å²) in [5.41, 5.74) is 3.09. The zero-order valence-electron chi connectivity index (χ0n) is 15.7. The molecule has 4 aromatic rings. The van der Waals surface area contributed by atoms with Crippen molar-refractivity contribution in [2.24, 2.45) is 0 Å². The molecule has 4 rings (SSSR count). The van der Waals surface area contributed by atoms with E-state index in [1.165, 1.54) is 0 Å². The molecule has 1 aromatic carbocycles. The van der Waals surface area contributed by atoms with Gasteiger partial charge in [0.2, 0.25) is 0 Å². The van der Waals surface area contributed by atoms with Gasteiger partial charge in [0.05, 0.1) is 34.1 Å². The molecule has 0 aliphatic carbocycles. The summed E-state index contributed by atoms with van der Waals surface area (Å²) >= 11 is 1.59. The van der Waals surface area contributed by atoms with Crippen LogP contribution < -0.4 is 0 Å². The number of carbonyl (C=O) groups excluding carboxylic acids is 1. The minimum absolute atomic E-state index is 0.111. The van der Waals surface area contributed by atoms with Crippen molar-refractivity contribution in [3.8, 4) is 16.6 Å². The number of thiophene rings is 1. The van der Waals surface area contributed by atoms with Crippen LogP contribution in [0.15, 0.2) is 72.4 Å². The molecule has 1 amide bonds. The first-order valence-electron chi connectivity index (χ1n) is 9.25. The zero-order valence-corrected chi connectivity index (χ0v) is 16.5. The Kier molecular flexibility index (Phi) is 5.59. The summed E-state index contributed by atoms with van der Waals surface area (Å²) in [4.78, 5) is 25.2. The number of pyridine rings is 2. The number of hydrogen-bond acceptors (Lipinski definition) is 5. The molecular weight excluding hydrogens is 380 g/mol. The lowest BCUT2D eigenvalue weighted by atomic mass is 10.0. The Bertz CT molecular complexity index is 1170.